The van der Waals surface area contributed by atoms with E-state index in [9.17, 15) is 13.2 Å². The van der Waals surface area contributed by atoms with Crippen LogP contribution < -0.4 is 5.73 Å². The van der Waals surface area contributed by atoms with Gasteiger partial charge in [-0.3, -0.25) is 0 Å². The van der Waals surface area contributed by atoms with E-state index in [2.05, 4.69) is 0 Å². The minimum Gasteiger partial charge on any atom is -0.398 e. The number of nitrogens with two attached hydrogens (primary N) is 1. The zero-order valence-electron chi connectivity index (χ0n) is 9.10. The van der Waals surface area contributed by atoms with Crippen molar-refractivity contribution >= 4 is 5.69 Å². The molecule has 0 saturated carbocycles. The van der Waals surface area contributed by atoms with Gasteiger partial charge in [0, 0.05) is 16.8 Å². The molecular weight excluding hydrogens is 227 g/mol. The van der Waals surface area contributed by atoms with Gasteiger partial charge in [0.25, 0.3) is 0 Å². The van der Waals surface area contributed by atoms with Crippen LogP contribution in [-0.2, 0) is 0 Å². The molecule has 0 spiro atoms. The number of nitrogen functional groups attached to an aromatic ring is 1. The molecular formula is C13H10F3N. The molecule has 2 aromatic carbocycles. The predicted octanol–water partition coefficient (Wildman–Crippen LogP) is 3.66. The Bertz CT molecular complexity index is 579. The van der Waals surface area contributed by atoms with Crippen LogP contribution in [0.1, 0.15) is 5.56 Å². The maximum atomic E-state index is 13.7. The van der Waals surface area contributed by atoms with E-state index in [1.165, 1.54) is 24.3 Å². The summed E-state index contributed by atoms with van der Waals surface area (Å²) in [5.41, 5.74) is 6.36. The van der Waals surface area contributed by atoms with Gasteiger partial charge in [0.2, 0.25) is 0 Å². The van der Waals surface area contributed by atoms with Crippen molar-refractivity contribution in [2.24, 2.45) is 0 Å². The number of aryl methyl sites for hydroxylation is 1. The van der Waals surface area contributed by atoms with Crippen LogP contribution in [0.4, 0.5) is 18.9 Å². The Kier molecular flexibility index (Phi) is 2.79. The van der Waals surface area contributed by atoms with Gasteiger partial charge >= 0.3 is 0 Å². The van der Waals surface area contributed by atoms with Crippen molar-refractivity contribution in [3.8, 4) is 11.1 Å². The van der Waals surface area contributed by atoms with E-state index in [0.29, 0.717) is 11.3 Å². The summed E-state index contributed by atoms with van der Waals surface area (Å²) in [5, 5.41) is 0. The summed E-state index contributed by atoms with van der Waals surface area (Å²) in [7, 11) is 0. The van der Waals surface area contributed by atoms with E-state index in [1.807, 2.05) is 0 Å². The van der Waals surface area contributed by atoms with E-state index in [0.717, 1.165) is 6.07 Å². The van der Waals surface area contributed by atoms with Crippen molar-refractivity contribution in [1.29, 1.82) is 0 Å². The van der Waals surface area contributed by atoms with Crippen LogP contribution >= 0.6 is 0 Å². The fraction of sp³-hybridized carbons (Fsp3) is 0.0769. The SMILES string of the molecule is Cc1cc(F)c(-c2cccc(F)c2F)cc1N. The van der Waals surface area contributed by atoms with E-state index >= 15 is 0 Å². The van der Waals surface area contributed by atoms with Crippen LogP contribution in [0.2, 0.25) is 0 Å². The molecule has 0 aliphatic heterocycles. The summed E-state index contributed by atoms with van der Waals surface area (Å²) in [5.74, 6) is -2.71. The summed E-state index contributed by atoms with van der Waals surface area (Å²) < 4.78 is 40.2. The van der Waals surface area contributed by atoms with Gasteiger partial charge in [-0.1, -0.05) is 12.1 Å². The normalized spacial score (nSPS) is 10.6. The highest BCUT2D eigenvalue weighted by molar-refractivity contribution is 5.70. The Morgan fingerprint density at radius 1 is 0.941 bits per heavy atom. The molecule has 2 rings (SSSR count). The second kappa shape index (κ2) is 4.13. The van der Waals surface area contributed by atoms with Crippen molar-refractivity contribution in [3.63, 3.8) is 0 Å². The molecule has 0 bridgehead atoms. The van der Waals surface area contributed by atoms with E-state index < -0.39 is 17.5 Å². The van der Waals surface area contributed by atoms with Crippen LogP contribution in [0, 0.1) is 24.4 Å². The molecule has 88 valence electrons. The van der Waals surface area contributed by atoms with Gasteiger partial charge in [0.05, 0.1) is 0 Å². The lowest BCUT2D eigenvalue weighted by atomic mass is 10.0. The Morgan fingerprint density at radius 3 is 2.35 bits per heavy atom. The van der Waals surface area contributed by atoms with Crippen molar-refractivity contribution < 1.29 is 13.2 Å². The lowest BCUT2D eigenvalue weighted by Crippen LogP contribution is -1.96. The van der Waals surface area contributed by atoms with Gasteiger partial charge in [-0.15, -0.1) is 0 Å². The topological polar surface area (TPSA) is 26.0 Å². The first-order chi connectivity index (χ1) is 8.00. The monoisotopic (exact) mass is 237 g/mol. The number of hydrogen-bond acceptors (Lipinski definition) is 1. The third-order valence-electron chi connectivity index (χ3n) is 2.60. The Morgan fingerprint density at radius 2 is 1.65 bits per heavy atom. The molecule has 1 nitrogen and oxygen atoms in total. The van der Waals surface area contributed by atoms with Gasteiger partial charge < -0.3 is 5.73 Å². The largest absolute Gasteiger partial charge is 0.398 e. The molecule has 0 aromatic heterocycles. The number of rotatable bonds is 1. The number of halogens is 3. The Balaban J connectivity index is 2.69. The van der Waals surface area contributed by atoms with Crippen LogP contribution in [0.25, 0.3) is 11.1 Å². The Labute approximate surface area is 96.7 Å². The van der Waals surface area contributed by atoms with Gasteiger partial charge in [-0.05, 0) is 30.7 Å². The molecule has 0 aliphatic carbocycles. The smallest absolute Gasteiger partial charge is 0.166 e. The molecule has 0 saturated heterocycles. The number of hydrogen-bond donors (Lipinski definition) is 1. The molecule has 2 N–H and O–H groups in total. The van der Waals surface area contributed by atoms with Crippen LogP contribution in [0.3, 0.4) is 0 Å². The lowest BCUT2D eigenvalue weighted by Gasteiger charge is -2.08. The van der Waals surface area contributed by atoms with Gasteiger partial charge in [0.1, 0.15) is 5.82 Å². The average molecular weight is 237 g/mol. The van der Waals surface area contributed by atoms with Gasteiger partial charge in [-0.2, -0.15) is 0 Å². The van der Waals surface area contributed by atoms with Crippen LogP contribution in [0.15, 0.2) is 30.3 Å². The highest BCUT2D eigenvalue weighted by Crippen LogP contribution is 2.29. The minimum absolute atomic E-state index is 0.0369. The van der Waals surface area contributed by atoms with Crippen LogP contribution in [0.5, 0.6) is 0 Å². The molecule has 0 fully saturated rings. The quantitative estimate of drug-likeness (QED) is 0.752. The van der Waals surface area contributed by atoms with E-state index in [1.54, 1.807) is 6.92 Å². The molecule has 2 aromatic rings. The van der Waals surface area contributed by atoms with Gasteiger partial charge in [0.15, 0.2) is 11.6 Å². The second-order valence-corrected chi connectivity index (χ2v) is 3.79. The molecule has 4 heteroatoms. The van der Waals surface area contributed by atoms with Crippen molar-refractivity contribution in [2.45, 2.75) is 6.92 Å². The van der Waals surface area contributed by atoms with E-state index in [-0.39, 0.29) is 11.1 Å². The molecule has 0 aliphatic rings. The molecule has 0 heterocycles. The third kappa shape index (κ3) is 1.98. The minimum atomic E-state index is -1.07. The Hall–Kier alpha value is -1.97. The molecule has 17 heavy (non-hydrogen) atoms. The summed E-state index contributed by atoms with van der Waals surface area (Å²) >= 11 is 0. The van der Waals surface area contributed by atoms with Crippen molar-refractivity contribution in [1.82, 2.24) is 0 Å². The maximum Gasteiger partial charge on any atom is 0.166 e. The molecule has 0 radical (unpaired) electrons. The lowest BCUT2D eigenvalue weighted by molar-refractivity contribution is 0.510. The van der Waals surface area contributed by atoms with Crippen molar-refractivity contribution in [2.75, 3.05) is 5.73 Å². The van der Waals surface area contributed by atoms with E-state index in [4.69, 9.17) is 5.73 Å². The first-order valence-corrected chi connectivity index (χ1v) is 5.00. The fourth-order valence-electron chi connectivity index (χ4n) is 1.61. The summed E-state index contributed by atoms with van der Waals surface area (Å²) in [6.45, 7) is 1.64. The summed E-state index contributed by atoms with van der Waals surface area (Å²) in [6, 6.07) is 6.13. The highest BCUT2D eigenvalue weighted by Gasteiger charge is 2.14. The number of anilines is 1. The average Bonchev–Trinajstić information content (AvgIpc) is 2.28. The van der Waals surface area contributed by atoms with Crippen molar-refractivity contribution in [3.05, 3.63) is 53.3 Å². The molecule has 0 atom stereocenters. The number of benzene rings is 2. The van der Waals surface area contributed by atoms with Crippen LogP contribution in [-0.4, -0.2) is 0 Å². The highest BCUT2D eigenvalue weighted by atomic mass is 19.2. The maximum absolute atomic E-state index is 13.7. The standard InChI is InChI=1S/C13H10F3N/c1-7-5-11(15)9(6-12(7)17)8-3-2-4-10(14)13(8)16/h2-6H,17H2,1H3. The zero-order valence-corrected chi connectivity index (χ0v) is 9.10. The third-order valence-corrected chi connectivity index (χ3v) is 2.60. The predicted molar refractivity (Wildman–Crippen MR) is 60.9 cm³/mol. The second-order valence-electron chi connectivity index (χ2n) is 3.79. The molecule has 0 unspecified atom stereocenters. The summed E-state index contributed by atoms with van der Waals surface area (Å²) in [4.78, 5) is 0. The summed E-state index contributed by atoms with van der Waals surface area (Å²) in [6.07, 6.45) is 0. The fourth-order valence-corrected chi connectivity index (χ4v) is 1.61. The first kappa shape index (κ1) is 11.5. The first-order valence-electron chi connectivity index (χ1n) is 5.00. The molecule has 0 amide bonds. The van der Waals surface area contributed by atoms with Gasteiger partial charge in [-0.25, -0.2) is 13.2 Å². The zero-order chi connectivity index (χ0) is 12.6.